The fourth-order valence-electron chi connectivity index (χ4n) is 5.02. The van der Waals surface area contributed by atoms with Crippen LogP contribution in [0.2, 0.25) is 0 Å². The average molecular weight is 454 g/mol. The van der Waals surface area contributed by atoms with E-state index in [0.29, 0.717) is 11.7 Å². The first-order valence-electron chi connectivity index (χ1n) is 11.9. The normalized spacial score (nSPS) is 28.0. The standard InChI is InChI=1S/C25H40FNO3S/c1-18-15-27(16-19(2)30-18)24-14-23(26)13-12-22(24)11-10-20-6-8-21(9-7-20)17-31(28,29)25(3,4)5/h12-14,18-21H,6-11,15-17H2,1-5H3/t18-,19+,20?,21?. The molecule has 1 aliphatic heterocycles. The molecule has 2 fully saturated rings. The first-order chi connectivity index (χ1) is 14.4. The molecular weight excluding hydrogens is 413 g/mol. The van der Waals surface area contributed by atoms with Crippen molar-refractivity contribution in [3.05, 3.63) is 29.6 Å². The summed E-state index contributed by atoms with van der Waals surface area (Å²) in [6.07, 6.45) is 6.46. The molecule has 2 aliphatic rings. The number of sulfone groups is 1. The molecule has 4 nitrogen and oxygen atoms in total. The second-order valence-corrected chi connectivity index (χ2v) is 13.5. The third kappa shape index (κ3) is 6.44. The summed E-state index contributed by atoms with van der Waals surface area (Å²) in [4.78, 5) is 2.27. The monoisotopic (exact) mass is 453 g/mol. The number of benzene rings is 1. The Morgan fingerprint density at radius 2 is 1.61 bits per heavy atom. The molecule has 1 saturated heterocycles. The third-order valence-corrected chi connectivity index (χ3v) is 9.76. The van der Waals surface area contributed by atoms with E-state index < -0.39 is 14.6 Å². The van der Waals surface area contributed by atoms with Gasteiger partial charge in [0.15, 0.2) is 9.84 Å². The van der Waals surface area contributed by atoms with Crippen LogP contribution in [0.1, 0.15) is 72.3 Å². The van der Waals surface area contributed by atoms with Crippen LogP contribution in [0.4, 0.5) is 10.1 Å². The van der Waals surface area contributed by atoms with Gasteiger partial charge in [-0.05, 0) is 89.8 Å². The van der Waals surface area contributed by atoms with Crippen molar-refractivity contribution in [1.29, 1.82) is 0 Å². The lowest BCUT2D eigenvalue weighted by atomic mass is 9.80. The average Bonchev–Trinajstić information content (AvgIpc) is 2.66. The van der Waals surface area contributed by atoms with Crippen molar-refractivity contribution in [1.82, 2.24) is 0 Å². The van der Waals surface area contributed by atoms with Gasteiger partial charge in [0.1, 0.15) is 5.82 Å². The van der Waals surface area contributed by atoms with E-state index in [4.69, 9.17) is 4.74 Å². The van der Waals surface area contributed by atoms with Crippen molar-refractivity contribution in [3.63, 3.8) is 0 Å². The number of rotatable bonds is 6. The van der Waals surface area contributed by atoms with Crippen molar-refractivity contribution in [2.45, 2.75) is 90.1 Å². The number of morpholine rings is 1. The van der Waals surface area contributed by atoms with Crippen molar-refractivity contribution >= 4 is 15.5 Å². The number of hydrogen-bond donors (Lipinski definition) is 0. The van der Waals surface area contributed by atoms with E-state index in [1.165, 1.54) is 5.56 Å². The van der Waals surface area contributed by atoms with Gasteiger partial charge < -0.3 is 9.64 Å². The Balaban J connectivity index is 1.57. The van der Waals surface area contributed by atoms with Crippen LogP contribution >= 0.6 is 0 Å². The van der Waals surface area contributed by atoms with Crippen LogP contribution in [0.5, 0.6) is 0 Å². The van der Waals surface area contributed by atoms with E-state index in [2.05, 4.69) is 18.7 Å². The van der Waals surface area contributed by atoms with Crippen molar-refractivity contribution in [2.75, 3.05) is 23.7 Å². The molecule has 31 heavy (non-hydrogen) atoms. The van der Waals surface area contributed by atoms with Crippen LogP contribution in [0, 0.1) is 17.7 Å². The lowest BCUT2D eigenvalue weighted by Gasteiger charge is -2.38. The molecule has 1 saturated carbocycles. The maximum Gasteiger partial charge on any atom is 0.155 e. The Labute approximate surface area is 188 Å². The molecule has 0 unspecified atom stereocenters. The highest BCUT2D eigenvalue weighted by atomic mass is 32.2. The van der Waals surface area contributed by atoms with Crippen LogP contribution in [-0.2, 0) is 21.0 Å². The number of aryl methyl sites for hydroxylation is 1. The zero-order chi connectivity index (χ0) is 22.8. The first kappa shape index (κ1) is 24.5. The van der Waals surface area contributed by atoms with E-state index >= 15 is 0 Å². The van der Waals surface area contributed by atoms with Gasteiger partial charge in [-0.2, -0.15) is 0 Å². The zero-order valence-electron chi connectivity index (χ0n) is 19.9. The van der Waals surface area contributed by atoms with Gasteiger partial charge in [0.25, 0.3) is 0 Å². The molecule has 0 N–H and O–H groups in total. The molecule has 1 aromatic carbocycles. The van der Waals surface area contributed by atoms with Crippen LogP contribution in [0.3, 0.4) is 0 Å². The van der Waals surface area contributed by atoms with Gasteiger partial charge in [-0.15, -0.1) is 0 Å². The summed E-state index contributed by atoms with van der Waals surface area (Å²) in [5, 5.41) is 0. The molecular formula is C25H40FNO3S. The fourth-order valence-corrected chi connectivity index (χ4v) is 6.48. The van der Waals surface area contributed by atoms with Crippen molar-refractivity contribution in [3.8, 4) is 0 Å². The molecule has 2 atom stereocenters. The minimum Gasteiger partial charge on any atom is -0.372 e. The topological polar surface area (TPSA) is 46.6 Å². The van der Waals surface area contributed by atoms with Gasteiger partial charge >= 0.3 is 0 Å². The Morgan fingerprint density at radius 1 is 1.03 bits per heavy atom. The number of hydrogen-bond acceptors (Lipinski definition) is 4. The van der Waals surface area contributed by atoms with E-state index in [-0.39, 0.29) is 23.9 Å². The maximum atomic E-state index is 14.0. The van der Waals surface area contributed by atoms with Gasteiger partial charge in [-0.1, -0.05) is 18.9 Å². The fraction of sp³-hybridized carbons (Fsp3) is 0.760. The van der Waals surface area contributed by atoms with Crippen LogP contribution in [0.15, 0.2) is 18.2 Å². The van der Waals surface area contributed by atoms with E-state index in [0.717, 1.165) is 57.3 Å². The summed E-state index contributed by atoms with van der Waals surface area (Å²) >= 11 is 0. The summed E-state index contributed by atoms with van der Waals surface area (Å²) in [5.41, 5.74) is 2.21. The highest BCUT2D eigenvalue weighted by molar-refractivity contribution is 7.92. The third-order valence-electron chi connectivity index (χ3n) is 6.98. The molecule has 0 aromatic heterocycles. The molecule has 1 aliphatic carbocycles. The number of halogens is 1. The Bertz CT molecular complexity index is 831. The number of nitrogens with zero attached hydrogens (tertiary/aromatic N) is 1. The molecule has 176 valence electrons. The SMILES string of the molecule is C[C@@H]1CN(c2cc(F)ccc2CCC2CCC(CS(=O)(=O)C(C)(C)C)CC2)C[C@H](C)O1. The van der Waals surface area contributed by atoms with Gasteiger partial charge in [-0.25, -0.2) is 12.8 Å². The predicted octanol–water partition coefficient (Wildman–Crippen LogP) is 5.39. The number of ether oxygens (including phenoxy) is 1. The highest BCUT2D eigenvalue weighted by Gasteiger charge is 2.33. The molecule has 0 bridgehead atoms. The molecule has 0 radical (unpaired) electrons. The van der Waals surface area contributed by atoms with Crippen LogP contribution < -0.4 is 4.90 Å². The van der Waals surface area contributed by atoms with E-state index in [1.807, 2.05) is 6.07 Å². The quantitative estimate of drug-likeness (QED) is 0.579. The molecule has 6 heteroatoms. The number of anilines is 1. The van der Waals surface area contributed by atoms with Gasteiger partial charge in [0.2, 0.25) is 0 Å². The summed E-state index contributed by atoms with van der Waals surface area (Å²) in [6, 6.07) is 5.19. The zero-order valence-corrected chi connectivity index (χ0v) is 20.7. The second-order valence-electron chi connectivity index (χ2n) is 10.8. The van der Waals surface area contributed by atoms with E-state index in [1.54, 1.807) is 32.9 Å². The van der Waals surface area contributed by atoms with Crippen LogP contribution in [-0.4, -0.2) is 44.2 Å². The highest BCUT2D eigenvalue weighted by Crippen LogP contribution is 2.35. The largest absolute Gasteiger partial charge is 0.372 e. The summed E-state index contributed by atoms with van der Waals surface area (Å²) < 4.78 is 44.3. The van der Waals surface area contributed by atoms with Crippen molar-refractivity contribution in [2.24, 2.45) is 11.8 Å². The lowest BCUT2D eigenvalue weighted by Crippen LogP contribution is -2.45. The van der Waals surface area contributed by atoms with Gasteiger partial charge in [-0.3, -0.25) is 0 Å². The summed E-state index contributed by atoms with van der Waals surface area (Å²) in [7, 11) is -3.05. The predicted molar refractivity (Wildman–Crippen MR) is 126 cm³/mol. The van der Waals surface area contributed by atoms with Gasteiger partial charge in [0.05, 0.1) is 22.7 Å². The molecule has 3 rings (SSSR count). The van der Waals surface area contributed by atoms with Crippen LogP contribution in [0.25, 0.3) is 0 Å². The molecule has 1 heterocycles. The van der Waals surface area contributed by atoms with Gasteiger partial charge in [0, 0.05) is 18.8 Å². The Hall–Kier alpha value is -1.14. The maximum absolute atomic E-state index is 14.0. The van der Waals surface area contributed by atoms with Crippen molar-refractivity contribution < 1.29 is 17.5 Å². The minimum atomic E-state index is -3.05. The summed E-state index contributed by atoms with van der Waals surface area (Å²) in [6.45, 7) is 11.1. The van der Waals surface area contributed by atoms with E-state index in [9.17, 15) is 12.8 Å². The first-order valence-corrected chi connectivity index (χ1v) is 13.5. The molecule has 1 aromatic rings. The second kappa shape index (κ2) is 9.78. The molecule has 0 spiro atoms. The lowest BCUT2D eigenvalue weighted by molar-refractivity contribution is -0.00528. The summed E-state index contributed by atoms with van der Waals surface area (Å²) in [5.74, 6) is 1.04. The Morgan fingerprint density at radius 3 is 2.19 bits per heavy atom. The molecule has 0 amide bonds. The smallest absolute Gasteiger partial charge is 0.155 e. The minimum absolute atomic E-state index is 0.138. The Kier molecular flexibility index (Phi) is 7.73.